The van der Waals surface area contributed by atoms with Crippen molar-refractivity contribution in [1.82, 2.24) is 0 Å². The highest BCUT2D eigenvalue weighted by molar-refractivity contribution is 5.76. The van der Waals surface area contributed by atoms with Crippen LogP contribution in [0.15, 0.2) is 0 Å². The van der Waals surface area contributed by atoms with Crippen LogP contribution in [0, 0.1) is 5.92 Å². The predicted molar refractivity (Wildman–Crippen MR) is 46.0 cm³/mol. The van der Waals surface area contributed by atoms with Crippen LogP contribution in [0.3, 0.4) is 0 Å². The molecule has 0 spiro atoms. The minimum absolute atomic E-state index is 0.0325. The van der Waals surface area contributed by atoms with Crippen LogP contribution in [0.5, 0.6) is 0 Å². The third-order valence-electron chi connectivity index (χ3n) is 2.71. The molecule has 2 aliphatic rings. The number of primary amides is 1. The molecule has 1 amide bonds. The van der Waals surface area contributed by atoms with Crippen LogP contribution in [-0.4, -0.2) is 31.3 Å². The summed E-state index contributed by atoms with van der Waals surface area (Å²) < 4.78 is 10.6. The fourth-order valence-corrected chi connectivity index (χ4v) is 1.76. The van der Waals surface area contributed by atoms with E-state index in [9.17, 15) is 4.79 Å². The van der Waals surface area contributed by atoms with Crippen LogP contribution in [0.4, 0.5) is 0 Å². The summed E-state index contributed by atoms with van der Waals surface area (Å²) in [5.74, 6) is -0.154. The van der Waals surface area contributed by atoms with Crippen LogP contribution < -0.4 is 5.73 Å². The monoisotopic (exact) mass is 185 g/mol. The smallest absolute Gasteiger partial charge is 0.220 e. The molecule has 1 aliphatic heterocycles. The zero-order valence-corrected chi connectivity index (χ0v) is 7.57. The lowest BCUT2D eigenvalue weighted by Gasteiger charge is -2.09. The van der Waals surface area contributed by atoms with Gasteiger partial charge < -0.3 is 15.2 Å². The van der Waals surface area contributed by atoms with Crippen molar-refractivity contribution >= 4 is 5.91 Å². The molecular formula is C9H15NO3. The molecule has 1 heterocycles. The standard InChI is InChI=1S/C9H15NO3/c10-9(11)6-1-2-7(3-6)12-4-8-5-13-8/h6-8H,1-5H2,(H2,10,11). The first-order valence-electron chi connectivity index (χ1n) is 4.78. The number of amides is 1. The van der Waals surface area contributed by atoms with Crippen molar-refractivity contribution in [2.75, 3.05) is 13.2 Å². The van der Waals surface area contributed by atoms with Gasteiger partial charge in [-0.05, 0) is 19.3 Å². The maximum Gasteiger partial charge on any atom is 0.220 e. The number of rotatable bonds is 4. The molecule has 1 saturated heterocycles. The maximum absolute atomic E-state index is 10.8. The summed E-state index contributed by atoms with van der Waals surface area (Å²) in [5.41, 5.74) is 5.21. The van der Waals surface area contributed by atoms with E-state index < -0.39 is 0 Å². The van der Waals surface area contributed by atoms with E-state index in [1.165, 1.54) is 0 Å². The summed E-state index contributed by atoms with van der Waals surface area (Å²) in [6, 6.07) is 0. The molecule has 0 bridgehead atoms. The average Bonchev–Trinajstić information content (AvgIpc) is 2.79. The number of carbonyl (C=O) groups is 1. The lowest BCUT2D eigenvalue weighted by atomic mass is 10.1. The van der Waals surface area contributed by atoms with Crippen molar-refractivity contribution in [1.29, 1.82) is 0 Å². The lowest BCUT2D eigenvalue weighted by molar-refractivity contribution is -0.121. The zero-order valence-electron chi connectivity index (χ0n) is 7.57. The van der Waals surface area contributed by atoms with Crippen LogP contribution in [0.1, 0.15) is 19.3 Å². The molecule has 13 heavy (non-hydrogen) atoms. The Morgan fingerprint density at radius 1 is 1.54 bits per heavy atom. The summed E-state index contributed by atoms with van der Waals surface area (Å²) >= 11 is 0. The second kappa shape index (κ2) is 3.64. The van der Waals surface area contributed by atoms with E-state index in [2.05, 4.69) is 0 Å². The van der Waals surface area contributed by atoms with Gasteiger partial charge in [0.15, 0.2) is 0 Å². The minimum atomic E-state index is -0.186. The molecule has 2 fully saturated rings. The predicted octanol–water partition coefficient (Wildman–Crippen LogP) is 0.0558. The van der Waals surface area contributed by atoms with Gasteiger partial charge in [-0.3, -0.25) is 4.79 Å². The molecule has 0 radical (unpaired) electrons. The second-order valence-electron chi connectivity index (χ2n) is 3.82. The molecule has 1 saturated carbocycles. The molecule has 3 atom stereocenters. The van der Waals surface area contributed by atoms with Gasteiger partial charge in [-0.25, -0.2) is 0 Å². The first-order chi connectivity index (χ1) is 6.25. The van der Waals surface area contributed by atoms with Crippen molar-refractivity contribution in [2.45, 2.75) is 31.5 Å². The SMILES string of the molecule is NC(=O)C1CCC(OCC2CO2)C1. The van der Waals surface area contributed by atoms with Crippen molar-refractivity contribution in [2.24, 2.45) is 11.7 Å². The van der Waals surface area contributed by atoms with Crippen molar-refractivity contribution in [3.8, 4) is 0 Å². The fraction of sp³-hybridized carbons (Fsp3) is 0.889. The highest BCUT2D eigenvalue weighted by Gasteiger charge is 2.31. The summed E-state index contributed by atoms with van der Waals surface area (Å²) in [6.07, 6.45) is 3.17. The van der Waals surface area contributed by atoms with Crippen molar-refractivity contribution < 1.29 is 14.3 Å². The molecule has 4 nitrogen and oxygen atoms in total. The van der Waals surface area contributed by atoms with Gasteiger partial charge in [0.2, 0.25) is 5.91 Å². The van der Waals surface area contributed by atoms with Crippen LogP contribution in [0.2, 0.25) is 0 Å². The molecule has 74 valence electrons. The molecule has 0 aromatic rings. The van der Waals surface area contributed by atoms with Crippen LogP contribution in [0.25, 0.3) is 0 Å². The second-order valence-corrected chi connectivity index (χ2v) is 3.82. The number of hydrogen-bond donors (Lipinski definition) is 1. The quantitative estimate of drug-likeness (QED) is 0.630. The van der Waals surface area contributed by atoms with Crippen molar-refractivity contribution in [3.05, 3.63) is 0 Å². The van der Waals surface area contributed by atoms with E-state index in [0.29, 0.717) is 12.7 Å². The van der Waals surface area contributed by atoms with Gasteiger partial charge in [0.05, 0.1) is 19.3 Å². The Balaban J connectivity index is 1.67. The fourth-order valence-electron chi connectivity index (χ4n) is 1.76. The lowest BCUT2D eigenvalue weighted by Crippen LogP contribution is -2.22. The van der Waals surface area contributed by atoms with Gasteiger partial charge in [-0.15, -0.1) is 0 Å². The van der Waals surface area contributed by atoms with Gasteiger partial charge in [0, 0.05) is 5.92 Å². The van der Waals surface area contributed by atoms with Gasteiger partial charge in [-0.2, -0.15) is 0 Å². The molecule has 1 aliphatic carbocycles. The Labute approximate surface area is 77.4 Å². The number of nitrogens with two attached hydrogens (primary N) is 1. The number of hydrogen-bond acceptors (Lipinski definition) is 3. The zero-order chi connectivity index (χ0) is 9.26. The normalized spacial score (nSPS) is 37.7. The average molecular weight is 185 g/mol. The first-order valence-corrected chi connectivity index (χ1v) is 4.78. The number of ether oxygens (including phenoxy) is 2. The Hall–Kier alpha value is -0.610. The first kappa shape index (κ1) is 8.97. The third-order valence-corrected chi connectivity index (χ3v) is 2.71. The van der Waals surface area contributed by atoms with E-state index in [1.807, 2.05) is 0 Å². The summed E-state index contributed by atoms with van der Waals surface area (Å²) in [4.78, 5) is 10.8. The van der Waals surface area contributed by atoms with E-state index in [-0.39, 0.29) is 17.9 Å². The van der Waals surface area contributed by atoms with Gasteiger partial charge in [-0.1, -0.05) is 0 Å². The van der Waals surface area contributed by atoms with Gasteiger partial charge in [0.25, 0.3) is 0 Å². The van der Waals surface area contributed by atoms with E-state index in [0.717, 1.165) is 25.9 Å². The molecule has 0 aromatic heterocycles. The highest BCUT2D eigenvalue weighted by atomic mass is 16.6. The third kappa shape index (κ3) is 2.42. The number of carbonyl (C=O) groups excluding carboxylic acids is 1. The summed E-state index contributed by atoms with van der Waals surface area (Å²) in [6.45, 7) is 1.50. The molecule has 0 aromatic carbocycles. The van der Waals surface area contributed by atoms with E-state index in [4.69, 9.17) is 15.2 Å². The molecule has 3 unspecified atom stereocenters. The van der Waals surface area contributed by atoms with E-state index in [1.54, 1.807) is 0 Å². The Morgan fingerprint density at radius 2 is 2.31 bits per heavy atom. The molecule has 2 N–H and O–H groups in total. The largest absolute Gasteiger partial charge is 0.375 e. The summed E-state index contributed by atoms with van der Waals surface area (Å²) in [5, 5.41) is 0. The number of epoxide rings is 1. The Kier molecular flexibility index (Phi) is 2.51. The van der Waals surface area contributed by atoms with Crippen molar-refractivity contribution in [3.63, 3.8) is 0 Å². The minimum Gasteiger partial charge on any atom is -0.375 e. The highest BCUT2D eigenvalue weighted by Crippen LogP contribution is 2.28. The topological polar surface area (TPSA) is 64.9 Å². The maximum atomic E-state index is 10.8. The van der Waals surface area contributed by atoms with Gasteiger partial charge >= 0.3 is 0 Å². The Bertz CT molecular complexity index is 203. The summed E-state index contributed by atoms with van der Waals surface area (Å²) in [7, 11) is 0. The molecule has 2 rings (SSSR count). The molecular weight excluding hydrogens is 170 g/mol. The Morgan fingerprint density at radius 3 is 2.85 bits per heavy atom. The van der Waals surface area contributed by atoms with Gasteiger partial charge in [0.1, 0.15) is 6.10 Å². The van der Waals surface area contributed by atoms with Crippen LogP contribution in [-0.2, 0) is 14.3 Å². The van der Waals surface area contributed by atoms with Crippen LogP contribution >= 0.6 is 0 Å². The molecule has 4 heteroatoms. The van der Waals surface area contributed by atoms with E-state index >= 15 is 0 Å².